The highest BCUT2D eigenvalue weighted by Crippen LogP contribution is 2.27. The largest absolute Gasteiger partial charge is 0.488 e. The highest BCUT2D eigenvalue weighted by atomic mass is 35.5. The molecule has 1 aromatic carbocycles. The summed E-state index contributed by atoms with van der Waals surface area (Å²) in [7, 11) is 0. The Kier molecular flexibility index (Phi) is 5.70. The topological polar surface area (TPSA) is 41.6 Å². The zero-order valence-electron chi connectivity index (χ0n) is 12.3. The van der Waals surface area contributed by atoms with Crippen LogP contribution in [0.15, 0.2) is 24.3 Å². The summed E-state index contributed by atoms with van der Waals surface area (Å²) in [6, 6.07) is 6.27. The lowest BCUT2D eigenvalue weighted by Gasteiger charge is -2.20. The number of alkyl halides is 2. The molecular formula is C15H18Cl2F2N2O2. The molecule has 2 aliphatic rings. The Hall–Kier alpha value is -1.11. The summed E-state index contributed by atoms with van der Waals surface area (Å²) in [4.78, 5) is 13.8. The second-order valence-electron chi connectivity index (χ2n) is 5.76. The predicted octanol–water partition coefficient (Wildman–Crippen LogP) is 2.74. The number of nitrogens with one attached hydrogen (secondary N) is 1. The minimum absolute atomic E-state index is 0. The fourth-order valence-corrected chi connectivity index (χ4v) is 3.05. The molecule has 0 radical (unpaired) electrons. The van der Waals surface area contributed by atoms with E-state index in [1.54, 1.807) is 29.2 Å². The second-order valence-corrected chi connectivity index (χ2v) is 6.20. The van der Waals surface area contributed by atoms with Gasteiger partial charge in [0.25, 0.3) is 5.92 Å². The number of benzene rings is 1. The van der Waals surface area contributed by atoms with Gasteiger partial charge in [0.2, 0.25) is 5.91 Å². The first-order valence-corrected chi connectivity index (χ1v) is 7.63. The summed E-state index contributed by atoms with van der Waals surface area (Å²) >= 11 is 5.90. The van der Waals surface area contributed by atoms with Crippen LogP contribution >= 0.6 is 24.0 Å². The van der Waals surface area contributed by atoms with Gasteiger partial charge in [0.1, 0.15) is 11.9 Å². The molecule has 2 saturated heterocycles. The average Bonchev–Trinajstić information content (AvgIpc) is 3.05. The van der Waals surface area contributed by atoms with Gasteiger partial charge in [0, 0.05) is 24.4 Å². The fourth-order valence-electron chi connectivity index (χ4n) is 2.87. The molecule has 23 heavy (non-hydrogen) atoms. The lowest BCUT2D eigenvalue weighted by molar-refractivity contribution is -0.132. The van der Waals surface area contributed by atoms with Crippen LogP contribution in [0.2, 0.25) is 5.02 Å². The quantitative estimate of drug-likeness (QED) is 0.894. The maximum Gasteiger partial charge on any atom is 0.262 e. The number of carbonyl (C=O) groups is 1. The summed E-state index contributed by atoms with van der Waals surface area (Å²) < 4.78 is 32.1. The van der Waals surface area contributed by atoms with E-state index in [1.807, 2.05) is 0 Å². The third-order valence-electron chi connectivity index (χ3n) is 3.96. The first-order valence-electron chi connectivity index (χ1n) is 7.25. The van der Waals surface area contributed by atoms with Crippen LogP contribution in [0.1, 0.15) is 12.8 Å². The van der Waals surface area contributed by atoms with Gasteiger partial charge in [0.15, 0.2) is 0 Å². The van der Waals surface area contributed by atoms with Gasteiger partial charge in [-0.15, -0.1) is 12.4 Å². The molecule has 2 heterocycles. The number of hydrogen-bond acceptors (Lipinski definition) is 3. The van der Waals surface area contributed by atoms with Crippen LogP contribution in [0.25, 0.3) is 0 Å². The number of hydrogen-bond donors (Lipinski definition) is 1. The normalized spacial score (nSPS) is 26.0. The fraction of sp³-hybridized carbons (Fsp3) is 0.533. The second kappa shape index (κ2) is 7.20. The number of halogens is 4. The summed E-state index contributed by atoms with van der Waals surface area (Å²) in [5.41, 5.74) is 0. The predicted molar refractivity (Wildman–Crippen MR) is 85.7 cm³/mol. The average molecular weight is 367 g/mol. The third-order valence-corrected chi connectivity index (χ3v) is 4.20. The smallest absolute Gasteiger partial charge is 0.262 e. The van der Waals surface area contributed by atoms with Crippen molar-refractivity contribution in [3.05, 3.63) is 29.3 Å². The number of carbonyl (C=O) groups excluding carboxylic acids is 1. The van der Waals surface area contributed by atoms with E-state index in [1.165, 1.54) is 0 Å². The molecule has 0 spiro atoms. The number of rotatable bonds is 3. The van der Waals surface area contributed by atoms with Crippen LogP contribution in [0.5, 0.6) is 5.75 Å². The lowest BCUT2D eigenvalue weighted by atomic mass is 10.2. The van der Waals surface area contributed by atoms with Crippen LogP contribution in [-0.2, 0) is 4.79 Å². The molecule has 1 amide bonds. The highest BCUT2D eigenvalue weighted by molar-refractivity contribution is 6.30. The van der Waals surface area contributed by atoms with Crippen molar-refractivity contribution in [1.29, 1.82) is 0 Å². The van der Waals surface area contributed by atoms with Gasteiger partial charge in [-0.2, -0.15) is 0 Å². The molecule has 128 valence electrons. The zero-order valence-corrected chi connectivity index (χ0v) is 13.9. The number of ether oxygens (including phenoxy) is 1. The van der Waals surface area contributed by atoms with Crippen molar-refractivity contribution in [2.75, 3.05) is 19.6 Å². The molecule has 8 heteroatoms. The summed E-state index contributed by atoms with van der Waals surface area (Å²) in [6.07, 6.45) is 0.119. The van der Waals surface area contributed by atoms with Crippen molar-refractivity contribution < 1.29 is 18.3 Å². The molecule has 0 aromatic heterocycles. The van der Waals surface area contributed by atoms with E-state index in [0.29, 0.717) is 30.3 Å². The van der Waals surface area contributed by atoms with Gasteiger partial charge in [-0.05, 0) is 18.2 Å². The Labute approximate surface area is 144 Å². The molecular weight excluding hydrogens is 349 g/mol. The Bertz CT molecular complexity index is 574. The Morgan fingerprint density at radius 1 is 1.43 bits per heavy atom. The molecule has 2 aliphatic heterocycles. The minimum atomic E-state index is -2.79. The summed E-state index contributed by atoms with van der Waals surface area (Å²) in [5, 5.41) is 3.18. The van der Waals surface area contributed by atoms with Gasteiger partial charge in [0.05, 0.1) is 19.1 Å². The number of nitrogens with zero attached hydrogens (tertiary/aromatic N) is 1. The molecule has 2 fully saturated rings. The van der Waals surface area contributed by atoms with Crippen molar-refractivity contribution >= 4 is 29.9 Å². The Balaban J connectivity index is 0.00000192. The van der Waals surface area contributed by atoms with Crippen molar-refractivity contribution in [2.45, 2.75) is 30.9 Å². The third kappa shape index (κ3) is 4.46. The zero-order chi connectivity index (χ0) is 15.7. The minimum Gasteiger partial charge on any atom is -0.488 e. The molecule has 0 bridgehead atoms. The molecule has 3 rings (SSSR count). The van der Waals surface area contributed by atoms with E-state index in [9.17, 15) is 13.6 Å². The lowest BCUT2D eigenvalue weighted by Crippen LogP contribution is -2.43. The number of amides is 1. The van der Waals surface area contributed by atoms with E-state index in [2.05, 4.69) is 5.32 Å². The maximum atomic E-state index is 13.2. The van der Waals surface area contributed by atoms with Crippen LogP contribution < -0.4 is 10.1 Å². The molecule has 0 saturated carbocycles. The van der Waals surface area contributed by atoms with Gasteiger partial charge >= 0.3 is 0 Å². The Morgan fingerprint density at radius 3 is 2.87 bits per heavy atom. The van der Waals surface area contributed by atoms with Crippen molar-refractivity contribution in [3.63, 3.8) is 0 Å². The van der Waals surface area contributed by atoms with E-state index in [4.69, 9.17) is 16.3 Å². The molecule has 4 nitrogen and oxygen atoms in total. The molecule has 0 aliphatic carbocycles. The summed E-state index contributed by atoms with van der Waals surface area (Å²) in [6.45, 7) is 0.503. The van der Waals surface area contributed by atoms with Gasteiger partial charge < -0.3 is 9.64 Å². The van der Waals surface area contributed by atoms with E-state index < -0.39 is 24.9 Å². The van der Waals surface area contributed by atoms with Crippen LogP contribution in [-0.4, -0.2) is 48.5 Å². The van der Waals surface area contributed by atoms with Gasteiger partial charge in [-0.1, -0.05) is 17.7 Å². The van der Waals surface area contributed by atoms with Gasteiger partial charge in [-0.25, -0.2) is 8.78 Å². The monoisotopic (exact) mass is 366 g/mol. The standard InChI is InChI=1S/C15H17ClF2N2O2.ClH/c16-10-2-1-3-11(6-10)22-12-4-5-20(8-12)14(21)13-7-15(17,18)9-19-13;/h1-3,6,12-13,19H,4-5,7-9H2;1H. The van der Waals surface area contributed by atoms with Crippen LogP contribution in [0.4, 0.5) is 8.78 Å². The molecule has 1 N–H and O–H groups in total. The first kappa shape index (κ1) is 18.2. The molecule has 1 aromatic rings. The number of likely N-dealkylation sites (tertiary alicyclic amines) is 1. The van der Waals surface area contributed by atoms with Crippen molar-refractivity contribution in [1.82, 2.24) is 10.2 Å². The van der Waals surface area contributed by atoms with E-state index in [0.717, 1.165) is 0 Å². The first-order chi connectivity index (χ1) is 10.4. The van der Waals surface area contributed by atoms with E-state index >= 15 is 0 Å². The van der Waals surface area contributed by atoms with Crippen molar-refractivity contribution in [2.24, 2.45) is 0 Å². The van der Waals surface area contributed by atoms with Crippen LogP contribution in [0.3, 0.4) is 0 Å². The SMILES string of the molecule is Cl.O=C(C1CC(F)(F)CN1)N1CCC(Oc2cccc(Cl)c2)C1. The summed E-state index contributed by atoms with van der Waals surface area (Å²) in [5.74, 6) is -2.41. The molecule has 2 unspecified atom stereocenters. The molecule has 2 atom stereocenters. The van der Waals surface area contributed by atoms with E-state index in [-0.39, 0.29) is 24.4 Å². The maximum absolute atomic E-state index is 13.2. The van der Waals surface area contributed by atoms with Crippen LogP contribution in [0, 0.1) is 0 Å². The van der Waals surface area contributed by atoms with Gasteiger partial charge in [-0.3, -0.25) is 10.1 Å². The highest BCUT2D eigenvalue weighted by Gasteiger charge is 2.44. The Morgan fingerprint density at radius 2 is 2.22 bits per heavy atom. The van der Waals surface area contributed by atoms with Crippen molar-refractivity contribution in [3.8, 4) is 5.75 Å².